The Morgan fingerprint density at radius 1 is 1.21 bits per heavy atom. The molecule has 1 atom stereocenters. The van der Waals surface area contributed by atoms with E-state index in [2.05, 4.69) is 33.4 Å². The maximum absolute atomic E-state index is 13.4. The van der Waals surface area contributed by atoms with Crippen molar-refractivity contribution in [2.24, 2.45) is 5.92 Å². The van der Waals surface area contributed by atoms with E-state index >= 15 is 0 Å². The molecule has 3 rings (SSSR count). The van der Waals surface area contributed by atoms with E-state index in [4.69, 9.17) is 0 Å². The lowest BCUT2D eigenvalue weighted by Gasteiger charge is -2.26. The molecule has 1 aliphatic carbocycles. The number of carbonyl (C=O) groups is 1. The number of hydrogen-bond acceptors (Lipinski definition) is 2. The highest BCUT2D eigenvalue weighted by atomic mass is 79.9. The summed E-state index contributed by atoms with van der Waals surface area (Å²) in [6.07, 6.45) is 5.55. The number of hydrogen-bond donors (Lipinski definition) is 1. The predicted molar refractivity (Wildman–Crippen MR) is 117 cm³/mol. The molecule has 4 nitrogen and oxygen atoms in total. The van der Waals surface area contributed by atoms with Gasteiger partial charge in [0, 0.05) is 12.2 Å². The first-order chi connectivity index (χ1) is 13.5. The van der Waals surface area contributed by atoms with Crippen LogP contribution in [0.15, 0.2) is 39.6 Å². The van der Waals surface area contributed by atoms with Gasteiger partial charge in [-0.1, -0.05) is 50.1 Å². The Morgan fingerprint density at radius 3 is 2.46 bits per heavy atom. The van der Waals surface area contributed by atoms with Crippen LogP contribution in [0.3, 0.4) is 0 Å². The van der Waals surface area contributed by atoms with E-state index in [-0.39, 0.29) is 17.5 Å². The van der Waals surface area contributed by atoms with E-state index < -0.39 is 0 Å². The summed E-state index contributed by atoms with van der Waals surface area (Å²) in [6, 6.07) is 10.2. The van der Waals surface area contributed by atoms with E-state index in [1.54, 1.807) is 4.57 Å². The molecule has 28 heavy (non-hydrogen) atoms. The lowest BCUT2D eigenvalue weighted by Crippen LogP contribution is -2.36. The van der Waals surface area contributed by atoms with Gasteiger partial charge in [-0.2, -0.15) is 0 Å². The summed E-state index contributed by atoms with van der Waals surface area (Å²) in [5.74, 6) is 0.359. The largest absolute Gasteiger partial charge is 0.345 e. The van der Waals surface area contributed by atoms with Crippen LogP contribution < -0.4 is 10.9 Å². The Kier molecular flexibility index (Phi) is 6.76. The molecule has 1 aliphatic rings. The molecular weight excluding hydrogens is 416 g/mol. The molecule has 1 saturated carbocycles. The smallest absolute Gasteiger partial charge is 0.265 e. The Hall–Kier alpha value is -1.88. The normalized spacial score (nSPS) is 15.6. The van der Waals surface area contributed by atoms with E-state index in [9.17, 15) is 9.59 Å². The SMILES string of the molecule is CCCn1c(C)c(C(=O)N[C@H](c2ccccc2)C2CCCC2)c(C)c(Br)c1=O. The highest BCUT2D eigenvalue weighted by Gasteiger charge is 2.29. The zero-order valence-corrected chi connectivity index (χ0v) is 18.5. The fraction of sp³-hybridized carbons (Fsp3) is 0.478. The van der Waals surface area contributed by atoms with Gasteiger partial charge in [-0.15, -0.1) is 0 Å². The first-order valence-electron chi connectivity index (χ1n) is 10.2. The molecule has 5 heteroatoms. The fourth-order valence-corrected chi connectivity index (χ4v) is 4.82. The molecule has 2 aromatic rings. The second kappa shape index (κ2) is 9.08. The average Bonchev–Trinajstić information content (AvgIpc) is 3.23. The Balaban J connectivity index is 1.99. The van der Waals surface area contributed by atoms with Gasteiger partial charge in [0.25, 0.3) is 11.5 Å². The molecule has 1 amide bonds. The summed E-state index contributed by atoms with van der Waals surface area (Å²) in [5, 5.41) is 3.31. The fourth-order valence-electron chi connectivity index (χ4n) is 4.41. The molecule has 0 saturated heterocycles. The zero-order chi connectivity index (χ0) is 20.3. The summed E-state index contributed by atoms with van der Waals surface area (Å²) in [5.41, 5.74) is 3.15. The number of pyridine rings is 1. The van der Waals surface area contributed by atoms with Crippen molar-refractivity contribution in [1.29, 1.82) is 0 Å². The lowest BCUT2D eigenvalue weighted by molar-refractivity contribution is 0.0919. The lowest BCUT2D eigenvalue weighted by atomic mass is 9.91. The van der Waals surface area contributed by atoms with Gasteiger partial charge in [-0.25, -0.2) is 0 Å². The van der Waals surface area contributed by atoms with Gasteiger partial charge in [0.2, 0.25) is 0 Å². The number of amides is 1. The third kappa shape index (κ3) is 4.09. The van der Waals surface area contributed by atoms with Crippen molar-refractivity contribution in [3.63, 3.8) is 0 Å². The Morgan fingerprint density at radius 2 is 1.86 bits per heavy atom. The number of benzene rings is 1. The third-order valence-electron chi connectivity index (χ3n) is 5.89. The number of nitrogens with one attached hydrogen (secondary N) is 1. The van der Waals surface area contributed by atoms with Crippen LogP contribution in [0.5, 0.6) is 0 Å². The van der Waals surface area contributed by atoms with Crippen LogP contribution in [0.2, 0.25) is 0 Å². The molecule has 150 valence electrons. The molecule has 0 bridgehead atoms. The summed E-state index contributed by atoms with van der Waals surface area (Å²) in [4.78, 5) is 26.0. The zero-order valence-electron chi connectivity index (χ0n) is 16.9. The van der Waals surface area contributed by atoms with Gasteiger partial charge < -0.3 is 9.88 Å². The molecule has 1 N–H and O–H groups in total. The minimum atomic E-state index is -0.0960. The van der Waals surface area contributed by atoms with Crippen molar-refractivity contribution < 1.29 is 4.79 Å². The highest BCUT2D eigenvalue weighted by molar-refractivity contribution is 9.10. The van der Waals surface area contributed by atoms with Crippen LogP contribution in [0, 0.1) is 19.8 Å². The number of rotatable bonds is 6. The van der Waals surface area contributed by atoms with Gasteiger partial charge >= 0.3 is 0 Å². The Bertz CT molecular complexity index is 899. The second-order valence-corrected chi connectivity index (χ2v) is 8.56. The molecule has 0 aliphatic heterocycles. The first-order valence-corrected chi connectivity index (χ1v) is 11.0. The highest BCUT2D eigenvalue weighted by Crippen LogP contribution is 2.36. The van der Waals surface area contributed by atoms with Gasteiger partial charge in [-0.05, 0) is 66.1 Å². The molecular formula is C23H29BrN2O2. The molecule has 1 heterocycles. The van der Waals surface area contributed by atoms with Gasteiger partial charge in [0.1, 0.15) is 0 Å². The van der Waals surface area contributed by atoms with E-state index in [1.807, 2.05) is 39.0 Å². The van der Waals surface area contributed by atoms with Crippen LogP contribution in [-0.2, 0) is 6.54 Å². The monoisotopic (exact) mass is 444 g/mol. The summed E-state index contributed by atoms with van der Waals surface area (Å²) >= 11 is 3.42. The number of aromatic nitrogens is 1. The van der Waals surface area contributed by atoms with E-state index in [0.717, 1.165) is 30.5 Å². The van der Waals surface area contributed by atoms with Crippen LogP contribution in [0.4, 0.5) is 0 Å². The van der Waals surface area contributed by atoms with Crippen LogP contribution >= 0.6 is 15.9 Å². The van der Waals surface area contributed by atoms with Crippen molar-refractivity contribution >= 4 is 21.8 Å². The maximum atomic E-state index is 13.4. The summed E-state index contributed by atoms with van der Waals surface area (Å²) in [6.45, 7) is 6.36. The van der Waals surface area contributed by atoms with Crippen molar-refractivity contribution in [3.8, 4) is 0 Å². The van der Waals surface area contributed by atoms with Crippen molar-refractivity contribution in [2.45, 2.75) is 65.5 Å². The number of nitrogens with zero attached hydrogens (tertiary/aromatic N) is 1. The molecule has 1 aromatic heterocycles. The van der Waals surface area contributed by atoms with Crippen molar-refractivity contribution in [1.82, 2.24) is 9.88 Å². The van der Waals surface area contributed by atoms with Crippen LogP contribution in [-0.4, -0.2) is 10.5 Å². The maximum Gasteiger partial charge on any atom is 0.265 e. The number of halogens is 1. The molecule has 0 radical (unpaired) electrons. The Labute approximate surface area is 175 Å². The predicted octanol–water partition coefficient (Wildman–Crippen LogP) is 5.30. The standard InChI is InChI=1S/C23H29BrN2O2/c1-4-14-26-16(3)19(15(2)20(24)23(26)28)22(27)25-21(18-12-8-9-13-18)17-10-6-5-7-11-17/h5-7,10-11,18,21H,4,8-9,12-14H2,1-3H3,(H,25,27)/t21-/m1/s1. The van der Waals surface area contributed by atoms with E-state index in [1.165, 1.54) is 12.8 Å². The van der Waals surface area contributed by atoms with Crippen LogP contribution in [0.25, 0.3) is 0 Å². The topological polar surface area (TPSA) is 51.1 Å². The third-order valence-corrected chi connectivity index (χ3v) is 6.83. The molecule has 1 aromatic carbocycles. The minimum absolute atomic E-state index is 0.000304. The first kappa shape index (κ1) is 20.8. The van der Waals surface area contributed by atoms with E-state index in [0.29, 0.717) is 28.1 Å². The summed E-state index contributed by atoms with van der Waals surface area (Å²) in [7, 11) is 0. The van der Waals surface area contributed by atoms with Crippen LogP contribution in [0.1, 0.15) is 72.2 Å². The molecule has 0 spiro atoms. The van der Waals surface area contributed by atoms with Gasteiger partial charge in [0.15, 0.2) is 0 Å². The molecule has 1 fully saturated rings. The quantitative estimate of drug-likeness (QED) is 0.656. The molecule has 0 unspecified atom stereocenters. The van der Waals surface area contributed by atoms with Gasteiger partial charge in [0.05, 0.1) is 16.1 Å². The minimum Gasteiger partial charge on any atom is -0.345 e. The van der Waals surface area contributed by atoms with Crippen molar-refractivity contribution in [2.75, 3.05) is 0 Å². The second-order valence-electron chi connectivity index (χ2n) is 7.76. The summed E-state index contributed by atoms with van der Waals surface area (Å²) < 4.78 is 2.19. The number of carbonyl (C=O) groups excluding carboxylic acids is 1. The average molecular weight is 445 g/mol. The van der Waals surface area contributed by atoms with Gasteiger partial charge in [-0.3, -0.25) is 9.59 Å². The van der Waals surface area contributed by atoms with Crippen molar-refractivity contribution in [3.05, 3.63) is 67.5 Å².